The van der Waals surface area contributed by atoms with Crippen LogP contribution < -0.4 is 4.74 Å². The van der Waals surface area contributed by atoms with Gasteiger partial charge in [0.2, 0.25) is 5.91 Å². The van der Waals surface area contributed by atoms with Crippen LogP contribution in [0.1, 0.15) is 38.3 Å². The van der Waals surface area contributed by atoms with Crippen LogP contribution in [0.25, 0.3) is 0 Å². The number of nitrogens with zero attached hydrogens (tertiary/aromatic N) is 1. The molecule has 0 unspecified atom stereocenters. The fourth-order valence-corrected chi connectivity index (χ4v) is 2.88. The number of carbonyl (C=O) groups is 1. The van der Waals surface area contributed by atoms with Crippen molar-refractivity contribution in [3.05, 3.63) is 29.8 Å². The van der Waals surface area contributed by atoms with Crippen LogP contribution in [-0.2, 0) is 9.53 Å². The first-order valence-corrected chi connectivity index (χ1v) is 7.69. The first-order valence-electron chi connectivity index (χ1n) is 7.69. The van der Waals surface area contributed by atoms with Crippen molar-refractivity contribution in [3.63, 3.8) is 0 Å². The van der Waals surface area contributed by atoms with Crippen LogP contribution >= 0.6 is 0 Å². The highest BCUT2D eigenvalue weighted by Crippen LogP contribution is 2.27. The molecule has 0 bridgehead atoms. The zero-order chi connectivity index (χ0) is 15.2. The van der Waals surface area contributed by atoms with Crippen molar-refractivity contribution in [3.8, 4) is 5.75 Å². The van der Waals surface area contributed by atoms with Gasteiger partial charge in [-0.2, -0.15) is 0 Å². The van der Waals surface area contributed by atoms with Crippen molar-refractivity contribution < 1.29 is 14.3 Å². The molecule has 0 radical (unpaired) electrons. The van der Waals surface area contributed by atoms with Gasteiger partial charge < -0.3 is 14.4 Å². The van der Waals surface area contributed by atoms with E-state index in [0.29, 0.717) is 19.8 Å². The Morgan fingerprint density at radius 2 is 2.14 bits per heavy atom. The number of hydrogen-bond donors (Lipinski definition) is 0. The Morgan fingerprint density at radius 1 is 1.43 bits per heavy atom. The zero-order valence-electron chi connectivity index (χ0n) is 13.2. The second-order valence-corrected chi connectivity index (χ2v) is 5.46. The molecule has 1 atom stereocenters. The molecule has 2 rings (SSSR count). The number of benzene rings is 1. The SMILES string of the molecule is CCN(C(=O)C1CCOCC1)[C@@H](C)c1cccc(OC)c1. The number of ether oxygens (including phenoxy) is 2. The van der Waals surface area contributed by atoms with Crippen LogP contribution in [0.15, 0.2) is 24.3 Å². The Kier molecular flexibility index (Phi) is 5.62. The summed E-state index contributed by atoms with van der Waals surface area (Å²) in [6.45, 7) is 6.22. The van der Waals surface area contributed by atoms with Crippen LogP contribution in [0.2, 0.25) is 0 Å². The summed E-state index contributed by atoms with van der Waals surface area (Å²) < 4.78 is 10.6. The molecule has 116 valence electrons. The van der Waals surface area contributed by atoms with Gasteiger partial charge in [0.1, 0.15) is 5.75 Å². The summed E-state index contributed by atoms with van der Waals surface area (Å²) in [6, 6.07) is 8.00. The number of amides is 1. The molecule has 1 fully saturated rings. The third kappa shape index (κ3) is 3.76. The Hall–Kier alpha value is -1.55. The van der Waals surface area contributed by atoms with Crippen molar-refractivity contribution in [1.29, 1.82) is 0 Å². The molecule has 0 N–H and O–H groups in total. The van der Waals surface area contributed by atoms with Crippen LogP contribution in [0.3, 0.4) is 0 Å². The maximum Gasteiger partial charge on any atom is 0.226 e. The summed E-state index contributed by atoms with van der Waals surface area (Å²) in [7, 11) is 1.66. The summed E-state index contributed by atoms with van der Waals surface area (Å²) in [6.07, 6.45) is 1.67. The van der Waals surface area contributed by atoms with E-state index in [1.165, 1.54) is 0 Å². The molecule has 0 saturated carbocycles. The molecule has 1 aromatic carbocycles. The van der Waals surface area contributed by atoms with Gasteiger partial charge in [0, 0.05) is 25.7 Å². The highest BCUT2D eigenvalue weighted by molar-refractivity contribution is 5.79. The fourth-order valence-electron chi connectivity index (χ4n) is 2.88. The van der Waals surface area contributed by atoms with Gasteiger partial charge in [-0.25, -0.2) is 0 Å². The minimum atomic E-state index is 0.0560. The largest absolute Gasteiger partial charge is 0.497 e. The normalized spacial score (nSPS) is 17.3. The van der Waals surface area contributed by atoms with Crippen LogP contribution in [-0.4, -0.2) is 37.7 Å². The average Bonchev–Trinajstić information content (AvgIpc) is 2.56. The van der Waals surface area contributed by atoms with Gasteiger partial charge in [-0.05, 0) is 44.4 Å². The van der Waals surface area contributed by atoms with E-state index in [1.807, 2.05) is 36.1 Å². The smallest absolute Gasteiger partial charge is 0.226 e. The molecule has 21 heavy (non-hydrogen) atoms. The molecule has 0 aliphatic carbocycles. The third-order valence-electron chi connectivity index (χ3n) is 4.24. The molecule has 0 aromatic heterocycles. The average molecular weight is 291 g/mol. The molecule has 1 saturated heterocycles. The van der Waals surface area contributed by atoms with Gasteiger partial charge in [-0.15, -0.1) is 0 Å². The molecule has 0 spiro atoms. The van der Waals surface area contributed by atoms with Crippen molar-refractivity contribution in [1.82, 2.24) is 4.90 Å². The summed E-state index contributed by atoms with van der Waals surface area (Å²) >= 11 is 0. The second-order valence-electron chi connectivity index (χ2n) is 5.46. The highest BCUT2D eigenvalue weighted by Gasteiger charge is 2.28. The Labute approximate surface area is 127 Å². The van der Waals surface area contributed by atoms with E-state index in [2.05, 4.69) is 6.92 Å². The third-order valence-corrected chi connectivity index (χ3v) is 4.24. The second kappa shape index (κ2) is 7.46. The van der Waals surface area contributed by atoms with Crippen molar-refractivity contribution in [2.75, 3.05) is 26.9 Å². The van der Waals surface area contributed by atoms with E-state index in [1.54, 1.807) is 7.11 Å². The van der Waals surface area contributed by atoms with E-state index in [-0.39, 0.29) is 17.9 Å². The van der Waals surface area contributed by atoms with Gasteiger partial charge >= 0.3 is 0 Å². The maximum atomic E-state index is 12.7. The Bertz CT molecular complexity index is 469. The van der Waals surface area contributed by atoms with Gasteiger partial charge in [0.05, 0.1) is 13.2 Å². The summed E-state index contributed by atoms with van der Waals surface area (Å²) in [5, 5.41) is 0. The number of carbonyl (C=O) groups excluding carboxylic acids is 1. The lowest BCUT2D eigenvalue weighted by Crippen LogP contribution is -2.40. The lowest BCUT2D eigenvalue weighted by molar-refractivity contribution is -0.140. The van der Waals surface area contributed by atoms with E-state index in [4.69, 9.17) is 9.47 Å². The number of hydrogen-bond acceptors (Lipinski definition) is 3. The first kappa shape index (κ1) is 15.8. The van der Waals surface area contributed by atoms with Crippen LogP contribution in [0, 0.1) is 5.92 Å². The summed E-state index contributed by atoms with van der Waals surface area (Å²) in [5.41, 5.74) is 1.11. The van der Waals surface area contributed by atoms with E-state index < -0.39 is 0 Å². The molecule has 1 aliphatic heterocycles. The van der Waals surface area contributed by atoms with Crippen LogP contribution in [0.5, 0.6) is 5.75 Å². The molecule has 1 amide bonds. The quantitative estimate of drug-likeness (QED) is 0.837. The highest BCUT2D eigenvalue weighted by atomic mass is 16.5. The molecular formula is C17H25NO3. The first-order chi connectivity index (χ1) is 10.2. The molecule has 1 aliphatic rings. The topological polar surface area (TPSA) is 38.8 Å². The van der Waals surface area contributed by atoms with E-state index >= 15 is 0 Å². The molecule has 4 nitrogen and oxygen atoms in total. The predicted octanol–water partition coefficient (Wildman–Crippen LogP) is 3.03. The van der Waals surface area contributed by atoms with Gasteiger partial charge in [0.15, 0.2) is 0 Å². The van der Waals surface area contributed by atoms with E-state index in [9.17, 15) is 4.79 Å². The lowest BCUT2D eigenvalue weighted by atomic mass is 9.96. The standard InChI is InChI=1S/C17H25NO3/c1-4-18(17(19)14-8-10-21-11-9-14)13(2)15-6-5-7-16(12-15)20-3/h5-7,12-14H,4,8-11H2,1-3H3/t13-/m0/s1. The predicted molar refractivity (Wildman–Crippen MR) is 82.3 cm³/mol. The van der Waals surface area contributed by atoms with Crippen molar-refractivity contribution in [2.24, 2.45) is 5.92 Å². The summed E-state index contributed by atoms with van der Waals surface area (Å²) in [4.78, 5) is 14.7. The monoisotopic (exact) mass is 291 g/mol. The molecule has 1 heterocycles. The van der Waals surface area contributed by atoms with Crippen LogP contribution in [0.4, 0.5) is 0 Å². The van der Waals surface area contributed by atoms with Gasteiger partial charge in [-0.1, -0.05) is 12.1 Å². The van der Waals surface area contributed by atoms with E-state index in [0.717, 1.165) is 24.2 Å². The fraction of sp³-hybridized carbons (Fsp3) is 0.588. The molecular weight excluding hydrogens is 266 g/mol. The maximum absolute atomic E-state index is 12.7. The zero-order valence-corrected chi connectivity index (χ0v) is 13.2. The Morgan fingerprint density at radius 3 is 2.76 bits per heavy atom. The Balaban J connectivity index is 2.13. The minimum Gasteiger partial charge on any atom is -0.497 e. The number of rotatable bonds is 5. The lowest BCUT2D eigenvalue weighted by Gasteiger charge is -2.33. The number of methoxy groups -OCH3 is 1. The summed E-state index contributed by atoms with van der Waals surface area (Å²) in [5.74, 6) is 1.18. The van der Waals surface area contributed by atoms with Crippen molar-refractivity contribution in [2.45, 2.75) is 32.7 Å². The van der Waals surface area contributed by atoms with Gasteiger partial charge in [-0.3, -0.25) is 4.79 Å². The molecule has 4 heteroatoms. The van der Waals surface area contributed by atoms with Crippen molar-refractivity contribution >= 4 is 5.91 Å². The van der Waals surface area contributed by atoms with Gasteiger partial charge in [0.25, 0.3) is 0 Å². The minimum absolute atomic E-state index is 0.0560. The molecule has 1 aromatic rings.